The van der Waals surface area contributed by atoms with Crippen LogP contribution < -0.4 is 15.5 Å². The maximum atomic E-state index is 12.0. The first-order valence-corrected chi connectivity index (χ1v) is 9.53. The fraction of sp³-hybridized carbons (Fsp3) is 0.316. The van der Waals surface area contributed by atoms with Crippen LogP contribution in [0.5, 0.6) is 0 Å². The Morgan fingerprint density at radius 1 is 1.15 bits per heavy atom. The highest BCUT2D eigenvalue weighted by atomic mass is 32.1. The van der Waals surface area contributed by atoms with Crippen molar-refractivity contribution in [3.05, 3.63) is 46.7 Å². The van der Waals surface area contributed by atoms with Crippen LogP contribution in [0.2, 0.25) is 0 Å². The molecule has 3 amide bonds. The molecule has 0 aliphatic carbocycles. The zero-order chi connectivity index (χ0) is 18.4. The number of nitrogens with one attached hydrogen (secondary N) is 2. The molecule has 136 valence electrons. The first kappa shape index (κ1) is 18.1. The Morgan fingerprint density at radius 3 is 2.62 bits per heavy atom. The van der Waals surface area contributed by atoms with Gasteiger partial charge in [-0.3, -0.25) is 14.4 Å². The molecule has 6 nitrogen and oxygen atoms in total. The number of amides is 3. The summed E-state index contributed by atoms with van der Waals surface area (Å²) in [6.07, 6.45) is 2.39. The van der Waals surface area contributed by atoms with Crippen molar-refractivity contribution in [1.82, 2.24) is 5.32 Å². The number of anilines is 2. The highest BCUT2D eigenvalue weighted by Gasteiger charge is 2.21. The quantitative estimate of drug-likeness (QED) is 0.735. The Morgan fingerprint density at radius 2 is 1.96 bits per heavy atom. The minimum absolute atomic E-state index is 0.0969. The van der Waals surface area contributed by atoms with Gasteiger partial charge in [-0.25, -0.2) is 0 Å². The third-order valence-corrected chi connectivity index (χ3v) is 5.02. The third-order valence-electron chi connectivity index (χ3n) is 4.15. The summed E-state index contributed by atoms with van der Waals surface area (Å²) in [4.78, 5) is 37.9. The molecule has 26 heavy (non-hydrogen) atoms. The van der Waals surface area contributed by atoms with Gasteiger partial charge in [0.2, 0.25) is 11.8 Å². The lowest BCUT2D eigenvalue weighted by Crippen LogP contribution is -2.24. The van der Waals surface area contributed by atoms with Gasteiger partial charge in [-0.1, -0.05) is 6.07 Å². The largest absolute Gasteiger partial charge is 0.351 e. The molecule has 1 aromatic heterocycles. The maximum Gasteiger partial charge on any atom is 0.261 e. The van der Waals surface area contributed by atoms with Crippen molar-refractivity contribution in [1.29, 1.82) is 0 Å². The number of carbonyl (C=O) groups excluding carboxylic acids is 3. The molecule has 7 heteroatoms. The molecule has 0 unspecified atom stereocenters. The van der Waals surface area contributed by atoms with E-state index in [2.05, 4.69) is 10.6 Å². The number of thiophene rings is 1. The van der Waals surface area contributed by atoms with Crippen LogP contribution in [-0.4, -0.2) is 30.8 Å². The molecule has 2 aromatic rings. The van der Waals surface area contributed by atoms with Crippen molar-refractivity contribution >= 4 is 40.4 Å². The van der Waals surface area contributed by atoms with E-state index in [4.69, 9.17) is 0 Å². The normalized spacial score (nSPS) is 13.7. The smallest absolute Gasteiger partial charge is 0.261 e. The van der Waals surface area contributed by atoms with Crippen molar-refractivity contribution in [2.24, 2.45) is 0 Å². The van der Waals surface area contributed by atoms with Gasteiger partial charge >= 0.3 is 0 Å². The summed E-state index contributed by atoms with van der Waals surface area (Å²) in [6, 6.07) is 10.9. The standard InChI is InChI=1S/C19H21N3O3S/c23-17(5-1-11-20-19(25)16-4-3-13-26-16)21-14-7-9-15(10-8-14)22-12-2-6-18(22)24/h3-4,7-10,13H,1-2,5-6,11-12H2,(H,20,25)(H,21,23). The van der Waals surface area contributed by atoms with Crippen LogP contribution in [0.3, 0.4) is 0 Å². The van der Waals surface area contributed by atoms with Gasteiger partial charge in [0.25, 0.3) is 5.91 Å². The molecule has 1 fully saturated rings. The highest BCUT2D eigenvalue weighted by molar-refractivity contribution is 7.12. The topological polar surface area (TPSA) is 78.5 Å². The van der Waals surface area contributed by atoms with Gasteiger partial charge in [0, 0.05) is 37.3 Å². The van der Waals surface area contributed by atoms with Crippen LogP contribution in [0, 0.1) is 0 Å². The summed E-state index contributed by atoms with van der Waals surface area (Å²) in [7, 11) is 0. The Balaban J connectivity index is 1.39. The Kier molecular flexibility index (Phi) is 6.01. The molecule has 0 radical (unpaired) electrons. The van der Waals surface area contributed by atoms with E-state index in [1.165, 1.54) is 11.3 Å². The summed E-state index contributed by atoms with van der Waals surface area (Å²) in [5.74, 6) is -0.0563. The summed E-state index contributed by atoms with van der Waals surface area (Å²) in [5.41, 5.74) is 1.56. The number of nitrogens with zero attached hydrogens (tertiary/aromatic N) is 1. The molecule has 0 saturated carbocycles. The van der Waals surface area contributed by atoms with E-state index < -0.39 is 0 Å². The zero-order valence-corrected chi connectivity index (χ0v) is 15.2. The second-order valence-corrected chi connectivity index (χ2v) is 7.03. The number of hydrogen-bond acceptors (Lipinski definition) is 4. The number of rotatable bonds is 7. The van der Waals surface area contributed by atoms with Crippen molar-refractivity contribution in [3.8, 4) is 0 Å². The van der Waals surface area contributed by atoms with E-state index in [0.717, 1.165) is 18.7 Å². The Labute approximate surface area is 156 Å². The first-order valence-electron chi connectivity index (χ1n) is 8.65. The lowest BCUT2D eigenvalue weighted by Gasteiger charge is -2.16. The fourth-order valence-corrected chi connectivity index (χ4v) is 3.46. The van der Waals surface area contributed by atoms with E-state index in [9.17, 15) is 14.4 Å². The lowest BCUT2D eigenvalue weighted by atomic mass is 10.2. The molecule has 1 aliphatic heterocycles. The predicted octanol–water partition coefficient (Wildman–Crippen LogP) is 3.02. The van der Waals surface area contributed by atoms with Gasteiger partial charge < -0.3 is 15.5 Å². The highest BCUT2D eigenvalue weighted by Crippen LogP contribution is 2.23. The second kappa shape index (κ2) is 8.62. The van der Waals surface area contributed by atoms with Gasteiger partial charge in [0.15, 0.2) is 0 Å². The average Bonchev–Trinajstić information content (AvgIpc) is 3.31. The van der Waals surface area contributed by atoms with Crippen molar-refractivity contribution < 1.29 is 14.4 Å². The average molecular weight is 371 g/mol. The number of benzene rings is 1. The van der Waals surface area contributed by atoms with E-state index in [-0.39, 0.29) is 17.7 Å². The van der Waals surface area contributed by atoms with Gasteiger partial charge in [0.1, 0.15) is 0 Å². The number of carbonyl (C=O) groups is 3. The van der Waals surface area contributed by atoms with Crippen molar-refractivity contribution in [2.45, 2.75) is 25.7 Å². The van der Waals surface area contributed by atoms with E-state index >= 15 is 0 Å². The van der Waals surface area contributed by atoms with Gasteiger partial charge in [-0.2, -0.15) is 0 Å². The summed E-state index contributed by atoms with van der Waals surface area (Å²) < 4.78 is 0. The van der Waals surface area contributed by atoms with Crippen LogP contribution >= 0.6 is 11.3 Å². The molecular formula is C19H21N3O3S. The zero-order valence-electron chi connectivity index (χ0n) is 14.4. The van der Waals surface area contributed by atoms with E-state index in [1.807, 2.05) is 23.6 Å². The molecule has 2 N–H and O–H groups in total. The molecule has 0 spiro atoms. The minimum Gasteiger partial charge on any atom is -0.351 e. The lowest BCUT2D eigenvalue weighted by molar-refractivity contribution is -0.117. The van der Waals surface area contributed by atoms with E-state index in [0.29, 0.717) is 36.4 Å². The van der Waals surface area contributed by atoms with E-state index in [1.54, 1.807) is 23.1 Å². The molecule has 0 bridgehead atoms. The van der Waals surface area contributed by atoms with Gasteiger partial charge in [-0.05, 0) is 48.6 Å². The van der Waals surface area contributed by atoms with Crippen LogP contribution in [0.15, 0.2) is 41.8 Å². The molecule has 2 heterocycles. The summed E-state index contributed by atoms with van der Waals surface area (Å²) in [6.45, 7) is 1.21. The fourth-order valence-electron chi connectivity index (χ4n) is 2.82. The third kappa shape index (κ3) is 4.70. The summed E-state index contributed by atoms with van der Waals surface area (Å²) >= 11 is 1.39. The molecule has 1 saturated heterocycles. The monoisotopic (exact) mass is 371 g/mol. The predicted molar refractivity (Wildman–Crippen MR) is 103 cm³/mol. The Hall–Kier alpha value is -2.67. The molecule has 1 aromatic carbocycles. The van der Waals surface area contributed by atoms with Gasteiger partial charge in [-0.15, -0.1) is 11.3 Å². The maximum absolute atomic E-state index is 12.0. The first-order chi connectivity index (χ1) is 12.6. The molecule has 0 atom stereocenters. The van der Waals surface area contributed by atoms with Crippen molar-refractivity contribution in [3.63, 3.8) is 0 Å². The number of hydrogen-bond donors (Lipinski definition) is 2. The van der Waals surface area contributed by atoms with Crippen LogP contribution in [-0.2, 0) is 9.59 Å². The summed E-state index contributed by atoms with van der Waals surface area (Å²) in [5, 5.41) is 7.49. The molecular weight excluding hydrogens is 350 g/mol. The SMILES string of the molecule is O=C(CCCNC(=O)c1cccs1)Nc1ccc(N2CCCC2=O)cc1. The van der Waals surface area contributed by atoms with Crippen LogP contribution in [0.1, 0.15) is 35.4 Å². The Bertz CT molecular complexity index is 772. The second-order valence-electron chi connectivity index (χ2n) is 6.08. The van der Waals surface area contributed by atoms with Crippen LogP contribution in [0.25, 0.3) is 0 Å². The van der Waals surface area contributed by atoms with Crippen LogP contribution in [0.4, 0.5) is 11.4 Å². The van der Waals surface area contributed by atoms with Crippen molar-refractivity contribution in [2.75, 3.05) is 23.3 Å². The molecule has 3 rings (SSSR count). The van der Waals surface area contributed by atoms with Gasteiger partial charge in [0.05, 0.1) is 4.88 Å². The molecule has 1 aliphatic rings. The minimum atomic E-state index is -0.104.